The van der Waals surface area contributed by atoms with Gasteiger partial charge in [-0.15, -0.1) is 0 Å². The highest BCUT2D eigenvalue weighted by Gasteiger charge is 2.33. The molecule has 4 aromatic rings. The second-order valence-corrected chi connectivity index (χ2v) is 6.15. The lowest BCUT2D eigenvalue weighted by molar-refractivity contribution is 0.0878. The molecule has 0 saturated heterocycles. The van der Waals surface area contributed by atoms with Crippen LogP contribution in [0, 0.1) is 0 Å². The van der Waals surface area contributed by atoms with Gasteiger partial charge in [-0.3, -0.25) is 14.9 Å². The van der Waals surface area contributed by atoms with E-state index in [1.54, 1.807) is 0 Å². The molecule has 0 fully saturated rings. The van der Waals surface area contributed by atoms with Gasteiger partial charge in [0.2, 0.25) is 0 Å². The van der Waals surface area contributed by atoms with Gasteiger partial charge in [0.05, 0.1) is 16.8 Å². The minimum atomic E-state index is -0.429. The molecule has 0 aliphatic carbocycles. The predicted octanol–water partition coefficient (Wildman–Crippen LogP) is 3.19. The van der Waals surface area contributed by atoms with Crippen LogP contribution in [-0.2, 0) is 6.42 Å². The average molecular weight is 327 g/mol. The summed E-state index contributed by atoms with van der Waals surface area (Å²) in [4.78, 5) is 32.4. The maximum absolute atomic E-state index is 12.3. The van der Waals surface area contributed by atoms with Crippen LogP contribution in [0.1, 0.15) is 32.1 Å². The summed E-state index contributed by atoms with van der Waals surface area (Å²) < 4.78 is 0. The Morgan fingerprint density at radius 2 is 1.64 bits per heavy atom. The van der Waals surface area contributed by atoms with Crippen molar-refractivity contribution < 1.29 is 9.59 Å². The lowest BCUT2D eigenvalue weighted by Gasteiger charge is -2.06. The molecule has 1 aliphatic heterocycles. The van der Waals surface area contributed by atoms with Crippen molar-refractivity contribution in [2.45, 2.75) is 6.42 Å². The van der Waals surface area contributed by atoms with Gasteiger partial charge >= 0.3 is 0 Å². The molecule has 0 atom stereocenters. The molecule has 0 bridgehead atoms. The zero-order chi connectivity index (χ0) is 17.0. The van der Waals surface area contributed by atoms with E-state index in [4.69, 9.17) is 0 Å². The Balaban J connectivity index is 1.87. The number of carbonyl (C=O) groups is 2. The van der Waals surface area contributed by atoms with Crippen LogP contribution in [0.5, 0.6) is 0 Å². The largest absolute Gasteiger partial charge is 0.353 e. The van der Waals surface area contributed by atoms with E-state index >= 15 is 0 Å². The highest BCUT2D eigenvalue weighted by atomic mass is 16.2. The van der Waals surface area contributed by atoms with E-state index in [9.17, 15) is 9.59 Å². The fraction of sp³-hybridized carbons (Fsp3) is 0.0500. The summed E-state index contributed by atoms with van der Waals surface area (Å²) in [5.41, 5.74) is 4.19. The van der Waals surface area contributed by atoms with Crippen molar-refractivity contribution in [3.8, 4) is 0 Å². The van der Waals surface area contributed by atoms with E-state index in [2.05, 4.69) is 15.3 Å². The average Bonchev–Trinajstić information content (AvgIpc) is 3.14. The highest BCUT2D eigenvalue weighted by molar-refractivity contribution is 6.29. The van der Waals surface area contributed by atoms with E-state index in [0.29, 0.717) is 12.0 Å². The Morgan fingerprint density at radius 1 is 0.880 bits per heavy atom. The summed E-state index contributed by atoms with van der Waals surface area (Å²) >= 11 is 0. The lowest BCUT2D eigenvalue weighted by atomic mass is 10.0. The van der Waals surface area contributed by atoms with Crippen LogP contribution < -0.4 is 5.32 Å². The number of H-pyrrole nitrogens is 1. The number of nitrogens with zero attached hydrogens (tertiary/aromatic N) is 1. The number of carbonyl (C=O) groups excluding carboxylic acids is 2. The first-order valence-corrected chi connectivity index (χ1v) is 8.05. The minimum Gasteiger partial charge on any atom is -0.353 e. The number of hydrogen-bond acceptors (Lipinski definition) is 3. The van der Waals surface area contributed by atoms with Crippen molar-refractivity contribution in [1.82, 2.24) is 15.3 Å². The van der Waals surface area contributed by atoms with Gasteiger partial charge in [-0.05, 0) is 11.6 Å². The summed E-state index contributed by atoms with van der Waals surface area (Å²) in [5, 5.41) is 4.06. The summed E-state index contributed by atoms with van der Waals surface area (Å²) in [6.07, 6.45) is 0.582. The molecule has 1 aliphatic rings. The fourth-order valence-electron chi connectivity index (χ4n) is 3.51. The Hall–Kier alpha value is -3.47. The Kier molecular flexibility index (Phi) is 2.79. The van der Waals surface area contributed by atoms with Crippen LogP contribution in [0.15, 0.2) is 54.6 Å². The summed E-state index contributed by atoms with van der Waals surface area (Å²) in [5.74, 6) is -0.810. The normalized spacial score (nSPS) is 13.4. The van der Waals surface area contributed by atoms with Crippen LogP contribution in [-0.4, -0.2) is 21.8 Å². The molecule has 3 heterocycles. The molecule has 0 spiro atoms. The molecule has 25 heavy (non-hydrogen) atoms. The first-order chi connectivity index (χ1) is 12.2. The summed E-state index contributed by atoms with van der Waals surface area (Å²) in [6.45, 7) is 0. The van der Waals surface area contributed by atoms with E-state index in [0.717, 1.165) is 33.1 Å². The third-order valence-electron chi connectivity index (χ3n) is 4.61. The number of benzene rings is 2. The molecule has 120 valence electrons. The molecular weight excluding hydrogens is 314 g/mol. The van der Waals surface area contributed by atoms with Crippen molar-refractivity contribution in [1.29, 1.82) is 0 Å². The van der Waals surface area contributed by atoms with Crippen LogP contribution in [0.25, 0.3) is 21.8 Å². The van der Waals surface area contributed by atoms with Crippen LogP contribution >= 0.6 is 0 Å². The quantitative estimate of drug-likeness (QED) is 0.555. The number of rotatable bonds is 2. The molecule has 0 unspecified atom stereocenters. The van der Waals surface area contributed by atoms with Crippen molar-refractivity contribution in [3.05, 3.63) is 77.1 Å². The Bertz CT molecular complexity index is 1180. The van der Waals surface area contributed by atoms with Gasteiger partial charge in [-0.2, -0.15) is 0 Å². The summed E-state index contributed by atoms with van der Waals surface area (Å²) in [6, 6.07) is 17.7. The number of hydrogen-bond donors (Lipinski definition) is 2. The van der Waals surface area contributed by atoms with Crippen LogP contribution in [0.3, 0.4) is 0 Å². The fourth-order valence-corrected chi connectivity index (χ4v) is 3.51. The molecule has 2 amide bonds. The second-order valence-electron chi connectivity index (χ2n) is 6.15. The standard InChI is InChI=1S/C20H13N3O2/c24-19-16-15-12-8-4-5-9-13(12)21-17(15)14(22-18(16)20(25)23-19)10-11-6-2-1-3-7-11/h1-9,21H,10H2,(H,23,24,25). The van der Waals surface area contributed by atoms with Gasteiger partial charge in [0.25, 0.3) is 11.8 Å². The van der Waals surface area contributed by atoms with Gasteiger partial charge in [0, 0.05) is 22.7 Å². The van der Waals surface area contributed by atoms with Gasteiger partial charge < -0.3 is 4.98 Å². The highest BCUT2D eigenvalue weighted by Crippen LogP contribution is 2.34. The topological polar surface area (TPSA) is 74.8 Å². The number of para-hydroxylation sites is 1. The van der Waals surface area contributed by atoms with Crippen molar-refractivity contribution in [2.75, 3.05) is 0 Å². The Morgan fingerprint density at radius 3 is 2.48 bits per heavy atom. The Labute approximate surface area is 142 Å². The maximum Gasteiger partial charge on any atom is 0.277 e. The smallest absolute Gasteiger partial charge is 0.277 e. The van der Waals surface area contributed by atoms with Crippen molar-refractivity contribution in [3.63, 3.8) is 0 Å². The van der Waals surface area contributed by atoms with E-state index < -0.39 is 5.91 Å². The van der Waals surface area contributed by atoms with E-state index in [1.165, 1.54) is 0 Å². The number of fused-ring (bicyclic) bond motifs is 5. The third kappa shape index (κ3) is 1.99. The lowest BCUT2D eigenvalue weighted by Crippen LogP contribution is -2.20. The zero-order valence-electron chi connectivity index (χ0n) is 13.2. The van der Waals surface area contributed by atoms with Crippen molar-refractivity contribution >= 4 is 33.6 Å². The third-order valence-corrected chi connectivity index (χ3v) is 4.61. The van der Waals surface area contributed by atoms with Crippen LogP contribution in [0.2, 0.25) is 0 Å². The first kappa shape index (κ1) is 13.9. The molecule has 5 heteroatoms. The molecule has 5 nitrogen and oxygen atoms in total. The van der Waals surface area contributed by atoms with E-state index in [1.807, 2.05) is 54.6 Å². The monoisotopic (exact) mass is 327 g/mol. The maximum atomic E-state index is 12.3. The molecular formula is C20H13N3O2. The number of imide groups is 1. The van der Waals surface area contributed by atoms with E-state index in [-0.39, 0.29) is 11.6 Å². The number of amides is 2. The predicted molar refractivity (Wildman–Crippen MR) is 94.6 cm³/mol. The molecule has 2 aromatic heterocycles. The molecule has 5 rings (SSSR count). The van der Waals surface area contributed by atoms with Crippen LogP contribution in [0.4, 0.5) is 0 Å². The number of nitrogens with one attached hydrogen (secondary N) is 2. The molecule has 2 aromatic carbocycles. The minimum absolute atomic E-state index is 0.216. The van der Waals surface area contributed by atoms with Gasteiger partial charge in [0.15, 0.2) is 0 Å². The number of aromatic nitrogens is 2. The van der Waals surface area contributed by atoms with Gasteiger partial charge in [-0.25, -0.2) is 4.98 Å². The van der Waals surface area contributed by atoms with Gasteiger partial charge in [-0.1, -0.05) is 48.5 Å². The first-order valence-electron chi connectivity index (χ1n) is 8.05. The molecule has 0 saturated carbocycles. The number of pyridine rings is 1. The van der Waals surface area contributed by atoms with Crippen molar-refractivity contribution in [2.24, 2.45) is 0 Å². The zero-order valence-corrected chi connectivity index (χ0v) is 13.2. The number of aromatic amines is 1. The SMILES string of the molecule is O=C1NC(=O)c2c1nc(Cc1ccccc1)c1[nH]c3ccccc3c21. The molecule has 0 radical (unpaired) electrons. The second kappa shape index (κ2) is 5.01. The molecule has 2 N–H and O–H groups in total. The van der Waals surface area contributed by atoms with Gasteiger partial charge in [0.1, 0.15) is 5.69 Å². The summed E-state index contributed by atoms with van der Waals surface area (Å²) in [7, 11) is 0.